The quantitative estimate of drug-likeness (QED) is 0.381. The van der Waals surface area contributed by atoms with Gasteiger partial charge in [0.25, 0.3) is 5.91 Å². The highest BCUT2D eigenvalue weighted by Gasteiger charge is 2.15. The molecule has 0 atom stereocenters. The molecule has 2 aromatic carbocycles. The lowest BCUT2D eigenvalue weighted by Gasteiger charge is -2.15. The van der Waals surface area contributed by atoms with Crippen molar-refractivity contribution in [3.8, 4) is 5.75 Å². The molecule has 2 amide bonds. The van der Waals surface area contributed by atoms with Gasteiger partial charge in [0.15, 0.2) is 17.6 Å². The number of thioether (sulfide) groups is 1. The Hall–Kier alpha value is -3.33. The van der Waals surface area contributed by atoms with Crippen LogP contribution in [0.5, 0.6) is 5.75 Å². The lowest BCUT2D eigenvalue weighted by molar-refractivity contribution is -0.123. The van der Waals surface area contributed by atoms with Gasteiger partial charge in [-0.05, 0) is 61.6 Å². The smallest absolute Gasteiger partial charge is 0.258 e. The highest BCUT2D eigenvalue weighted by molar-refractivity contribution is 7.99. The van der Waals surface area contributed by atoms with Gasteiger partial charge in [0.2, 0.25) is 5.91 Å². The van der Waals surface area contributed by atoms with Gasteiger partial charge in [0.1, 0.15) is 5.75 Å². The third-order valence-electron chi connectivity index (χ3n) is 5.34. The van der Waals surface area contributed by atoms with Gasteiger partial charge in [0, 0.05) is 12.2 Å². The molecule has 0 aliphatic heterocycles. The lowest BCUT2D eigenvalue weighted by Crippen LogP contribution is -2.29. The number of nitrogens with zero attached hydrogens (tertiary/aromatic N) is 3. The molecule has 1 aromatic heterocycles. The van der Waals surface area contributed by atoms with Crippen LogP contribution in [0.1, 0.15) is 49.2 Å². The summed E-state index contributed by atoms with van der Waals surface area (Å²) in [6.07, 6.45) is 0. The van der Waals surface area contributed by atoms with Crippen LogP contribution >= 0.6 is 11.8 Å². The Kier molecular flexibility index (Phi) is 9.31. The van der Waals surface area contributed by atoms with E-state index in [0.29, 0.717) is 23.4 Å². The highest BCUT2D eigenvalue weighted by Crippen LogP contribution is 2.27. The standard InChI is InChI=1S/C26H33N5O3S/c1-6-31-23(14-27-24(32)15-34-22-13-19(5)10-11-21(22)17(2)3)29-30-26(31)35-16-25(33)28-20-9-7-8-18(4)12-20/h7-13,17H,6,14-16H2,1-5H3,(H,27,32)(H,28,33). The normalized spacial score (nSPS) is 10.9. The van der Waals surface area contributed by atoms with Gasteiger partial charge in [-0.15, -0.1) is 10.2 Å². The molecule has 0 fully saturated rings. The van der Waals surface area contributed by atoms with E-state index in [4.69, 9.17) is 4.74 Å². The number of hydrogen-bond acceptors (Lipinski definition) is 6. The average molecular weight is 496 g/mol. The maximum absolute atomic E-state index is 12.4. The molecular weight excluding hydrogens is 462 g/mol. The molecule has 186 valence electrons. The lowest BCUT2D eigenvalue weighted by atomic mass is 10.0. The molecule has 0 saturated carbocycles. The van der Waals surface area contributed by atoms with Crippen molar-refractivity contribution in [3.63, 3.8) is 0 Å². The summed E-state index contributed by atoms with van der Waals surface area (Å²) in [5, 5.41) is 14.8. The summed E-state index contributed by atoms with van der Waals surface area (Å²) in [4.78, 5) is 24.8. The van der Waals surface area contributed by atoms with Crippen molar-refractivity contribution in [1.82, 2.24) is 20.1 Å². The van der Waals surface area contributed by atoms with E-state index in [1.165, 1.54) is 11.8 Å². The Bertz CT molecular complexity index is 1180. The third-order valence-corrected chi connectivity index (χ3v) is 6.30. The third kappa shape index (κ3) is 7.58. The van der Waals surface area contributed by atoms with Crippen molar-refractivity contribution in [3.05, 3.63) is 65.0 Å². The molecule has 0 radical (unpaired) electrons. The second kappa shape index (κ2) is 12.4. The molecule has 9 heteroatoms. The minimum absolute atomic E-state index is 0.0792. The molecule has 2 N–H and O–H groups in total. The highest BCUT2D eigenvalue weighted by atomic mass is 32.2. The monoisotopic (exact) mass is 495 g/mol. The van der Waals surface area contributed by atoms with Gasteiger partial charge in [-0.1, -0.05) is 49.9 Å². The zero-order valence-corrected chi connectivity index (χ0v) is 21.7. The molecule has 0 spiro atoms. The van der Waals surface area contributed by atoms with Crippen molar-refractivity contribution in [2.45, 2.75) is 58.8 Å². The molecule has 3 aromatic rings. The van der Waals surface area contributed by atoms with Gasteiger partial charge < -0.3 is 19.9 Å². The first kappa shape index (κ1) is 26.3. The maximum Gasteiger partial charge on any atom is 0.258 e. The molecule has 3 rings (SSSR count). The number of benzene rings is 2. The topological polar surface area (TPSA) is 98.1 Å². The number of anilines is 1. The number of amides is 2. The van der Waals surface area contributed by atoms with E-state index < -0.39 is 0 Å². The number of aryl methyl sites for hydroxylation is 2. The van der Waals surface area contributed by atoms with E-state index in [0.717, 1.165) is 28.1 Å². The largest absolute Gasteiger partial charge is 0.483 e. The zero-order valence-electron chi connectivity index (χ0n) is 20.9. The van der Waals surface area contributed by atoms with Gasteiger partial charge >= 0.3 is 0 Å². The molecular formula is C26H33N5O3S. The summed E-state index contributed by atoms with van der Waals surface area (Å²) in [5.41, 5.74) is 4.00. The van der Waals surface area contributed by atoms with E-state index in [2.05, 4.69) is 34.7 Å². The zero-order chi connectivity index (χ0) is 25.4. The number of rotatable bonds is 11. The second-order valence-electron chi connectivity index (χ2n) is 8.61. The van der Waals surface area contributed by atoms with E-state index in [1.54, 1.807) is 0 Å². The van der Waals surface area contributed by atoms with Gasteiger partial charge in [-0.2, -0.15) is 0 Å². The molecule has 0 bridgehead atoms. The summed E-state index contributed by atoms with van der Waals surface area (Å²) >= 11 is 1.31. The predicted molar refractivity (Wildman–Crippen MR) is 139 cm³/mol. The van der Waals surface area contributed by atoms with Crippen molar-refractivity contribution >= 4 is 29.3 Å². The predicted octanol–water partition coefficient (Wildman–Crippen LogP) is 4.46. The van der Waals surface area contributed by atoms with E-state index >= 15 is 0 Å². The molecule has 0 aliphatic carbocycles. The molecule has 35 heavy (non-hydrogen) atoms. The fourth-order valence-electron chi connectivity index (χ4n) is 3.54. The van der Waals surface area contributed by atoms with Crippen LogP contribution in [0.25, 0.3) is 0 Å². The number of aromatic nitrogens is 3. The van der Waals surface area contributed by atoms with Gasteiger partial charge in [-0.25, -0.2) is 0 Å². The molecule has 0 aliphatic rings. The number of carbonyl (C=O) groups excluding carboxylic acids is 2. The van der Waals surface area contributed by atoms with E-state index in [1.807, 2.05) is 67.8 Å². The molecule has 0 saturated heterocycles. The average Bonchev–Trinajstić information content (AvgIpc) is 3.21. The summed E-state index contributed by atoms with van der Waals surface area (Å²) in [6.45, 7) is 10.9. The van der Waals surface area contributed by atoms with Crippen molar-refractivity contribution in [1.29, 1.82) is 0 Å². The van der Waals surface area contributed by atoms with Crippen LogP contribution < -0.4 is 15.4 Å². The van der Waals surface area contributed by atoms with Crippen molar-refractivity contribution in [2.75, 3.05) is 17.7 Å². The minimum Gasteiger partial charge on any atom is -0.483 e. The van der Waals surface area contributed by atoms with Crippen LogP contribution in [0.15, 0.2) is 47.6 Å². The van der Waals surface area contributed by atoms with Gasteiger partial charge in [-0.3, -0.25) is 9.59 Å². The minimum atomic E-state index is -0.237. The second-order valence-corrected chi connectivity index (χ2v) is 9.55. The van der Waals surface area contributed by atoms with E-state index in [-0.39, 0.29) is 30.7 Å². The number of nitrogens with one attached hydrogen (secondary N) is 2. The Balaban J connectivity index is 1.51. The number of carbonyl (C=O) groups is 2. The van der Waals surface area contributed by atoms with Crippen LogP contribution in [0.4, 0.5) is 5.69 Å². The fraction of sp³-hybridized carbons (Fsp3) is 0.385. The van der Waals surface area contributed by atoms with Gasteiger partial charge in [0.05, 0.1) is 12.3 Å². The first-order valence-electron chi connectivity index (χ1n) is 11.7. The SMILES string of the molecule is CCn1c(CNC(=O)COc2cc(C)ccc2C(C)C)nnc1SCC(=O)Nc1cccc(C)c1. The Morgan fingerprint density at radius 1 is 1.06 bits per heavy atom. The molecule has 0 unspecified atom stereocenters. The van der Waals surface area contributed by atoms with Crippen molar-refractivity contribution in [2.24, 2.45) is 0 Å². The van der Waals surface area contributed by atoms with E-state index in [9.17, 15) is 9.59 Å². The van der Waals surface area contributed by atoms with Crippen molar-refractivity contribution < 1.29 is 14.3 Å². The Labute approximate surface area is 210 Å². The Morgan fingerprint density at radius 3 is 2.54 bits per heavy atom. The summed E-state index contributed by atoms with van der Waals surface area (Å²) < 4.78 is 7.70. The van der Waals surface area contributed by atoms with Crippen LogP contribution in [0, 0.1) is 13.8 Å². The summed E-state index contributed by atoms with van der Waals surface area (Å²) in [7, 11) is 0. The van der Waals surface area contributed by atoms with Crippen LogP contribution in [0.2, 0.25) is 0 Å². The first-order chi connectivity index (χ1) is 16.8. The van der Waals surface area contributed by atoms with Crippen LogP contribution in [-0.2, 0) is 22.7 Å². The summed E-state index contributed by atoms with van der Waals surface area (Å²) in [5.74, 6) is 1.51. The van der Waals surface area contributed by atoms with Crippen LogP contribution in [-0.4, -0.2) is 38.9 Å². The fourth-order valence-corrected chi connectivity index (χ4v) is 4.36. The number of ether oxygens (including phenoxy) is 1. The first-order valence-corrected chi connectivity index (χ1v) is 12.7. The van der Waals surface area contributed by atoms with Crippen LogP contribution in [0.3, 0.4) is 0 Å². The number of hydrogen-bond donors (Lipinski definition) is 2. The molecule has 8 nitrogen and oxygen atoms in total. The maximum atomic E-state index is 12.4. The molecule has 1 heterocycles. The summed E-state index contributed by atoms with van der Waals surface area (Å²) in [6, 6.07) is 13.7. The Morgan fingerprint density at radius 2 is 1.83 bits per heavy atom.